The Morgan fingerprint density at radius 2 is 1.77 bits per heavy atom. The van der Waals surface area contributed by atoms with Gasteiger partial charge in [0.15, 0.2) is 11.5 Å². The summed E-state index contributed by atoms with van der Waals surface area (Å²) in [6.45, 7) is 0.368. The number of carbonyl (C=O) groups is 2. The first-order chi connectivity index (χ1) is 16.9. The highest BCUT2D eigenvalue weighted by molar-refractivity contribution is 7.98. The predicted molar refractivity (Wildman–Crippen MR) is 139 cm³/mol. The van der Waals surface area contributed by atoms with Crippen LogP contribution in [0.2, 0.25) is 10.0 Å². The highest BCUT2D eigenvalue weighted by atomic mass is 35.5. The van der Waals surface area contributed by atoms with Crippen molar-refractivity contribution in [1.82, 2.24) is 10.6 Å². The fourth-order valence-corrected chi connectivity index (χ4v) is 4.62. The molecular weight excluding hydrogens is 511 g/mol. The monoisotopic (exact) mass is 534 g/mol. The zero-order valence-corrected chi connectivity index (χ0v) is 21.4. The van der Waals surface area contributed by atoms with Gasteiger partial charge in [-0.3, -0.25) is 9.59 Å². The van der Waals surface area contributed by atoms with Crippen LogP contribution in [-0.4, -0.2) is 38.3 Å². The van der Waals surface area contributed by atoms with E-state index in [1.54, 1.807) is 54.2 Å². The minimum absolute atomic E-state index is 0.0406. The summed E-state index contributed by atoms with van der Waals surface area (Å²) in [7, 11) is 2.99. The number of halogens is 2. The fraction of sp³-hybridized carbons (Fsp3) is 0.200. The predicted octanol–water partition coefficient (Wildman–Crippen LogP) is 5.42. The van der Waals surface area contributed by atoms with Gasteiger partial charge in [-0.2, -0.15) is 11.8 Å². The molecule has 2 aromatic carbocycles. The zero-order chi connectivity index (χ0) is 25.2. The zero-order valence-electron chi connectivity index (χ0n) is 19.1. The minimum Gasteiger partial charge on any atom is -0.493 e. The summed E-state index contributed by atoms with van der Waals surface area (Å²) < 4.78 is 15.8. The third kappa shape index (κ3) is 7.45. The molecule has 0 saturated carbocycles. The summed E-state index contributed by atoms with van der Waals surface area (Å²) in [6, 6.07) is 13.5. The Morgan fingerprint density at radius 3 is 2.43 bits per heavy atom. The van der Waals surface area contributed by atoms with Gasteiger partial charge in [-0.15, -0.1) is 0 Å². The average Bonchev–Trinajstić information content (AvgIpc) is 3.37. The van der Waals surface area contributed by atoms with E-state index in [1.165, 1.54) is 32.6 Å². The van der Waals surface area contributed by atoms with E-state index >= 15 is 0 Å². The van der Waals surface area contributed by atoms with Crippen LogP contribution >= 0.6 is 35.0 Å². The van der Waals surface area contributed by atoms with Crippen molar-refractivity contribution in [2.24, 2.45) is 0 Å². The van der Waals surface area contributed by atoms with Crippen LogP contribution in [0.1, 0.15) is 21.7 Å². The van der Waals surface area contributed by atoms with E-state index in [1.807, 2.05) is 0 Å². The van der Waals surface area contributed by atoms with Crippen molar-refractivity contribution in [3.05, 3.63) is 87.4 Å². The summed E-state index contributed by atoms with van der Waals surface area (Å²) >= 11 is 14.0. The maximum absolute atomic E-state index is 12.9. The van der Waals surface area contributed by atoms with E-state index < -0.39 is 11.8 Å². The molecule has 0 aliphatic rings. The van der Waals surface area contributed by atoms with E-state index in [4.69, 9.17) is 37.1 Å². The topological polar surface area (TPSA) is 89.8 Å². The molecule has 10 heteroatoms. The SMILES string of the molecule is COc1ccc(C(=O)N/C(=C\c2ccco2)C(=O)NCCSCc2c(Cl)cccc2Cl)cc1OC. The van der Waals surface area contributed by atoms with Gasteiger partial charge in [-0.05, 0) is 48.0 Å². The molecule has 0 fully saturated rings. The molecule has 0 unspecified atom stereocenters. The average molecular weight is 535 g/mol. The summed E-state index contributed by atoms with van der Waals surface area (Å²) in [6.07, 6.45) is 2.94. The Hall–Kier alpha value is -3.07. The van der Waals surface area contributed by atoms with Gasteiger partial charge in [0.25, 0.3) is 11.8 Å². The number of ether oxygens (including phenoxy) is 2. The first-order valence-electron chi connectivity index (χ1n) is 10.5. The van der Waals surface area contributed by atoms with Crippen LogP contribution in [0.3, 0.4) is 0 Å². The number of furan rings is 1. The van der Waals surface area contributed by atoms with Crippen LogP contribution in [0.4, 0.5) is 0 Å². The normalized spacial score (nSPS) is 11.1. The lowest BCUT2D eigenvalue weighted by Crippen LogP contribution is -2.35. The van der Waals surface area contributed by atoms with Gasteiger partial charge in [-0.25, -0.2) is 0 Å². The van der Waals surface area contributed by atoms with Crippen molar-refractivity contribution in [2.75, 3.05) is 26.5 Å². The highest BCUT2D eigenvalue weighted by Crippen LogP contribution is 2.28. The van der Waals surface area contributed by atoms with Gasteiger partial charge in [0.1, 0.15) is 11.5 Å². The molecule has 0 saturated heterocycles. The summed E-state index contributed by atoms with van der Waals surface area (Å²) in [5, 5.41) is 6.68. The molecule has 0 spiro atoms. The Bertz CT molecular complexity index is 1180. The first kappa shape index (κ1) is 26.5. The second-order valence-electron chi connectivity index (χ2n) is 7.11. The van der Waals surface area contributed by atoms with Crippen LogP contribution in [0.25, 0.3) is 6.08 Å². The van der Waals surface area contributed by atoms with Crippen molar-refractivity contribution >= 4 is 52.9 Å². The number of benzene rings is 2. The van der Waals surface area contributed by atoms with E-state index in [9.17, 15) is 9.59 Å². The number of rotatable bonds is 11. The first-order valence-corrected chi connectivity index (χ1v) is 12.4. The molecule has 184 valence electrons. The Labute approximate surface area is 217 Å². The molecule has 35 heavy (non-hydrogen) atoms. The largest absolute Gasteiger partial charge is 0.493 e. The van der Waals surface area contributed by atoms with Gasteiger partial charge >= 0.3 is 0 Å². The number of hydrogen-bond donors (Lipinski definition) is 2. The Balaban J connectivity index is 1.63. The number of hydrogen-bond acceptors (Lipinski definition) is 6. The number of thioether (sulfide) groups is 1. The van der Waals surface area contributed by atoms with Crippen LogP contribution < -0.4 is 20.1 Å². The molecule has 1 aromatic heterocycles. The standard InChI is InChI=1S/C25H24Cl2N2O5S/c1-32-22-9-8-16(13-23(22)33-2)24(30)29-21(14-17-5-4-11-34-17)25(31)28-10-12-35-15-18-19(26)6-3-7-20(18)27/h3-9,11,13-14H,10,12,15H2,1-2H3,(H,28,31)(H,29,30)/b21-14-. The number of carbonyl (C=O) groups excluding carboxylic acids is 2. The maximum atomic E-state index is 12.9. The third-order valence-electron chi connectivity index (χ3n) is 4.81. The molecule has 0 atom stereocenters. The molecule has 1 heterocycles. The molecule has 0 bridgehead atoms. The van der Waals surface area contributed by atoms with Crippen molar-refractivity contribution in [3.63, 3.8) is 0 Å². The van der Waals surface area contributed by atoms with Crippen LogP contribution in [0.15, 0.2) is 64.9 Å². The number of methoxy groups -OCH3 is 2. The summed E-state index contributed by atoms with van der Waals surface area (Å²) in [4.78, 5) is 25.7. The summed E-state index contributed by atoms with van der Waals surface area (Å²) in [5.41, 5.74) is 1.19. The molecule has 2 N–H and O–H groups in total. The van der Waals surface area contributed by atoms with Gasteiger partial charge < -0.3 is 24.5 Å². The maximum Gasteiger partial charge on any atom is 0.267 e. The van der Waals surface area contributed by atoms with Crippen LogP contribution in [0.5, 0.6) is 11.5 Å². The highest BCUT2D eigenvalue weighted by Gasteiger charge is 2.17. The third-order valence-corrected chi connectivity index (χ3v) is 6.50. The quantitative estimate of drug-likeness (QED) is 0.252. The van der Waals surface area contributed by atoms with E-state index in [-0.39, 0.29) is 5.70 Å². The Morgan fingerprint density at radius 1 is 1.03 bits per heavy atom. The van der Waals surface area contributed by atoms with Gasteiger partial charge in [0.05, 0.1) is 20.5 Å². The molecule has 3 aromatic rings. The van der Waals surface area contributed by atoms with Gasteiger partial charge in [-0.1, -0.05) is 29.3 Å². The number of amides is 2. The second-order valence-corrected chi connectivity index (χ2v) is 9.03. The van der Waals surface area contributed by atoms with Crippen molar-refractivity contribution in [1.29, 1.82) is 0 Å². The van der Waals surface area contributed by atoms with Gasteiger partial charge in [0.2, 0.25) is 0 Å². The molecule has 7 nitrogen and oxygen atoms in total. The number of nitrogens with one attached hydrogen (secondary N) is 2. The van der Waals surface area contributed by atoms with E-state index in [0.29, 0.717) is 50.9 Å². The van der Waals surface area contributed by atoms with E-state index in [2.05, 4.69) is 10.6 Å². The Kier molecular flexibility index (Phi) is 9.96. The minimum atomic E-state index is -0.485. The molecule has 0 radical (unpaired) electrons. The van der Waals surface area contributed by atoms with E-state index in [0.717, 1.165) is 5.56 Å². The van der Waals surface area contributed by atoms with Crippen LogP contribution in [-0.2, 0) is 10.5 Å². The van der Waals surface area contributed by atoms with Crippen molar-refractivity contribution < 1.29 is 23.5 Å². The lowest BCUT2D eigenvalue weighted by molar-refractivity contribution is -0.117. The lowest BCUT2D eigenvalue weighted by Gasteiger charge is -2.12. The molecule has 0 aliphatic carbocycles. The van der Waals surface area contributed by atoms with Crippen molar-refractivity contribution in [3.8, 4) is 11.5 Å². The van der Waals surface area contributed by atoms with Crippen molar-refractivity contribution in [2.45, 2.75) is 5.75 Å². The van der Waals surface area contributed by atoms with Crippen LogP contribution in [0, 0.1) is 0 Å². The second kappa shape index (κ2) is 13.1. The van der Waals surface area contributed by atoms with Gasteiger partial charge in [0, 0.05) is 39.7 Å². The molecule has 0 aliphatic heterocycles. The summed E-state index contributed by atoms with van der Waals surface area (Å²) in [5.74, 6) is 1.60. The smallest absolute Gasteiger partial charge is 0.267 e. The fourth-order valence-electron chi connectivity index (χ4n) is 3.02. The molecular formula is C25H24Cl2N2O5S. The lowest BCUT2D eigenvalue weighted by atomic mass is 10.1. The molecule has 3 rings (SSSR count). The molecule has 2 amide bonds.